The summed E-state index contributed by atoms with van der Waals surface area (Å²) in [5, 5.41) is 0. The zero-order valence-corrected chi connectivity index (χ0v) is 15.3. The van der Waals surface area contributed by atoms with Gasteiger partial charge in [0.1, 0.15) is 0 Å². The normalized spacial score (nSPS) is 17.3. The fourth-order valence-corrected chi connectivity index (χ4v) is 4.68. The van der Waals surface area contributed by atoms with Gasteiger partial charge in [-0.15, -0.1) is 0 Å². The van der Waals surface area contributed by atoms with Crippen molar-refractivity contribution < 1.29 is 13.2 Å². The third-order valence-electron chi connectivity index (χ3n) is 4.17. The summed E-state index contributed by atoms with van der Waals surface area (Å²) in [6.45, 7) is 3.07. The first-order valence-corrected chi connectivity index (χ1v) is 9.86. The Hall–Kier alpha value is -0.630. The largest absolute Gasteiger partial charge is 0.418 e. The van der Waals surface area contributed by atoms with Gasteiger partial charge in [0.05, 0.1) is 11.3 Å². The van der Waals surface area contributed by atoms with Gasteiger partial charge in [0.2, 0.25) is 0 Å². The van der Waals surface area contributed by atoms with Crippen molar-refractivity contribution in [1.29, 1.82) is 0 Å². The predicted octanol–water partition coefficient (Wildman–Crippen LogP) is 4.12. The van der Waals surface area contributed by atoms with Crippen LogP contribution in [0.15, 0.2) is 12.1 Å². The molecule has 0 unspecified atom stereocenters. The van der Waals surface area contributed by atoms with Gasteiger partial charge in [0.15, 0.2) is 0 Å². The Morgan fingerprint density at radius 1 is 1.23 bits per heavy atom. The number of benzene rings is 1. The van der Waals surface area contributed by atoms with Crippen molar-refractivity contribution in [3.05, 3.63) is 26.8 Å². The molecule has 1 saturated heterocycles. The third-order valence-corrected chi connectivity index (χ3v) is 5.81. The second-order valence-corrected chi connectivity index (χ2v) is 7.88. The molecule has 2 rings (SSSR count). The molecule has 124 valence electrons. The summed E-state index contributed by atoms with van der Waals surface area (Å²) >= 11 is -0.647. The molecule has 22 heavy (non-hydrogen) atoms. The van der Waals surface area contributed by atoms with Crippen LogP contribution in [-0.2, 0) is 6.18 Å². The molecule has 1 aliphatic heterocycles. The number of hydrogen-bond donors (Lipinski definition) is 0. The Bertz CT molecular complexity index is 547. The van der Waals surface area contributed by atoms with Crippen LogP contribution in [0.2, 0.25) is 0 Å². The molecule has 0 atom stereocenters. The standard InChI is InChI=1S/C16H22F3IN2/c1-11-9-13(16(17,18)19)15(14(10-11)20-2)22-7-5-12(6-8-22)21(3)4/h9-10,12H,2,5-8H2,1,3-4H3. The molecule has 6 heteroatoms. The van der Waals surface area contributed by atoms with Gasteiger partial charge in [-0.05, 0) is 51.6 Å². The van der Waals surface area contributed by atoms with Crippen molar-refractivity contribution in [3.63, 3.8) is 0 Å². The smallest absolute Gasteiger partial charge is 0.370 e. The van der Waals surface area contributed by atoms with Crippen molar-refractivity contribution in [1.82, 2.24) is 4.90 Å². The minimum absolute atomic E-state index is 0.387. The van der Waals surface area contributed by atoms with Gasteiger partial charge in [-0.1, -0.05) is 25.2 Å². The first-order chi connectivity index (χ1) is 10.2. The van der Waals surface area contributed by atoms with E-state index in [4.69, 9.17) is 0 Å². The maximum absolute atomic E-state index is 13.5. The molecular weight excluding hydrogens is 404 g/mol. The van der Waals surface area contributed by atoms with Crippen LogP contribution in [0.25, 0.3) is 0 Å². The van der Waals surface area contributed by atoms with E-state index in [9.17, 15) is 13.2 Å². The quantitative estimate of drug-likeness (QED) is 0.672. The predicted molar refractivity (Wildman–Crippen MR) is 94.9 cm³/mol. The van der Waals surface area contributed by atoms with Crippen LogP contribution in [0.4, 0.5) is 18.9 Å². The van der Waals surface area contributed by atoms with Gasteiger partial charge in [-0.2, -0.15) is 13.2 Å². The molecule has 0 radical (unpaired) electrons. The number of hydrogen-bond acceptors (Lipinski definition) is 2. The maximum Gasteiger partial charge on any atom is 0.418 e. The van der Waals surface area contributed by atoms with Crippen LogP contribution in [0, 0.1) is 10.5 Å². The van der Waals surface area contributed by atoms with Gasteiger partial charge >= 0.3 is 6.18 Å². The lowest BCUT2D eigenvalue weighted by Gasteiger charge is -2.38. The maximum atomic E-state index is 13.5. The van der Waals surface area contributed by atoms with Crippen LogP contribution in [0.1, 0.15) is 24.0 Å². The van der Waals surface area contributed by atoms with E-state index in [-0.39, 0.29) is 0 Å². The zero-order chi connectivity index (χ0) is 16.5. The molecule has 0 spiro atoms. The van der Waals surface area contributed by atoms with E-state index in [1.54, 1.807) is 6.92 Å². The minimum atomic E-state index is -4.31. The fourth-order valence-electron chi connectivity index (χ4n) is 2.98. The summed E-state index contributed by atoms with van der Waals surface area (Å²) in [6.07, 6.45) is -2.52. The van der Waals surface area contributed by atoms with E-state index in [2.05, 4.69) is 9.41 Å². The second kappa shape index (κ2) is 6.86. The Morgan fingerprint density at radius 2 is 1.82 bits per heavy atom. The van der Waals surface area contributed by atoms with Gasteiger partial charge in [0.25, 0.3) is 0 Å². The van der Waals surface area contributed by atoms with E-state index < -0.39 is 32.5 Å². The summed E-state index contributed by atoms with van der Waals surface area (Å²) in [7, 11) is 4.06. The van der Waals surface area contributed by atoms with Crippen molar-refractivity contribution in [2.24, 2.45) is 0 Å². The Kier molecular flexibility index (Phi) is 5.53. The highest BCUT2D eigenvalue weighted by Crippen LogP contribution is 2.41. The molecule has 1 aromatic rings. The highest BCUT2D eigenvalue weighted by atomic mass is 127. The minimum Gasteiger partial charge on any atom is -0.370 e. The van der Waals surface area contributed by atoms with Crippen LogP contribution in [-0.4, -0.2) is 42.6 Å². The van der Waals surface area contributed by atoms with E-state index in [1.165, 1.54) is 6.07 Å². The average molecular weight is 426 g/mol. The SMILES string of the molecule is C=Ic1cc(C)cc(C(F)(F)F)c1N1CCC(N(C)C)CC1. The van der Waals surface area contributed by atoms with Crippen molar-refractivity contribution in [2.75, 3.05) is 32.1 Å². The molecule has 1 aliphatic rings. The van der Waals surface area contributed by atoms with Crippen LogP contribution < -0.4 is 4.90 Å². The summed E-state index contributed by atoms with van der Waals surface area (Å²) in [5.41, 5.74) is 0.560. The van der Waals surface area contributed by atoms with Crippen LogP contribution >= 0.6 is 20.7 Å². The van der Waals surface area contributed by atoms with Crippen molar-refractivity contribution in [3.8, 4) is 0 Å². The number of rotatable bonds is 3. The molecule has 2 nitrogen and oxygen atoms in total. The second-order valence-electron chi connectivity index (χ2n) is 5.96. The lowest BCUT2D eigenvalue weighted by Crippen LogP contribution is -2.42. The van der Waals surface area contributed by atoms with E-state index in [1.807, 2.05) is 25.1 Å². The summed E-state index contributed by atoms with van der Waals surface area (Å²) in [4.78, 5) is 4.08. The highest BCUT2D eigenvalue weighted by Gasteiger charge is 2.37. The first kappa shape index (κ1) is 17.7. The van der Waals surface area contributed by atoms with Gasteiger partial charge in [-0.3, -0.25) is 0 Å². The van der Waals surface area contributed by atoms with Crippen LogP contribution in [0.5, 0.6) is 0 Å². The van der Waals surface area contributed by atoms with Gasteiger partial charge < -0.3 is 9.80 Å². The Balaban J connectivity index is 2.40. The molecule has 0 N–H and O–H groups in total. The fraction of sp³-hybridized carbons (Fsp3) is 0.562. The van der Waals surface area contributed by atoms with Crippen LogP contribution in [0.3, 0.4) is 0 Å². The number of anilines is 1. The molecule has 0 aliphatic carbocycles. The number of aryl methyl sites for hydroxylation is 1. The third kappa shape index (κ3) is 3.82. The Labute approximate surface area is 140 Å². The topological polar surface area (TPSA) is 6.48 Å². The van der Waals surface area contributed by atoms with Gasteiger partial charge in [-0.25, -0.2) is 0 Å². The zero-order valence-electron chi connectivity index (χ0n) is 13.2. The molecule has 1 aromatic carbocycles. The number of nitrogens with zero attached hydrogens (tertiary/aromatic N) is 2. The summed E-state index contributed by atoms with van der Waals surface area (Å²) in [6, 6.07) is 3.60. The van der Waals surface area contributed by atoms with E-state index >= 15 is 0 Å². The summed E-state index contributed by atoms with van der Waals surface area (Å²) in [5.74, 6) is 0. The average Bonchev–Trinajstić information content (AvgIpc) is 2.45. The van der Waals surface area contributed by atoms with E-state index in [0.717, 1.165) is 16.4 Å². The molecule has 0 bridgehead atoms. The molecule has 1 fully saturated rings. The Morgan fingerprint density at radius 3 is 2.27 bits per heavy atom. The number of halogens is 4. The highest BCUT2D eigenvalue weighted by molar-refractivity contribution is 14.2. The molecule has 1 heterocycles. The van der Waals surface area contributed by atoms with Crippen molar-refractivity contribution >= 4 is 30.9 Å². The molecular formula is C16H22F3IN2. The first-order valence-electron chi connectivity index (χ1n) is 7.25. The van der Waals surface area contributed by atoms with Gasteiger partial charge in [0, 0.05) is 22.7 Å². The molecule has 0 amide bonds. The lowest BCUT2D eigenvalue weighted by atomic mass is 10.0. The lowest BCUT2D eigenvalue weighted by molar-refractivity contribution is -0.137. The number of piperidine rings is 1. The summed E-state index contributed by atoms with van der Waals surface area (Å²) < 4.78 is 45.1. The monoisotopic (exact) mass is 426 g/mol. The van der Waals surface area contributed by atoms with E-state index in [0.29, 0.717) is 30.4 Å². The number of alkyl halides is 3. The van der Waals surface area contributed by atoms with Crippen molar-refractivity contribution in [2.45, 2.75) is 32.0 Å². The molecule has 0 saturated carbocycles. The molecule has 0 aromatic heterocycles.